The maximum Gasteiger partial charge on any atom is 0.409 e. The van der Waals surface area contributed by atoms with Crippen molar-refractivity contribution in [1.29, 1.82) is 0 Å². The predicted octanol–water partition coefficient (Wildman–Crippen LogP) is 2.31. The van der Waals surface area contributed by atoms with Crippen LogP contribution in [0, 0.1) is 19.8 Å². The van der Waals surface area contributed by atoms with Crippen LogP contribution in [0.1, 0.15) is 42.5 Å². The Morgan fingerprint density at radius 3 is 2.74 bits per heavy atom. The van der Waals surface area contributed by atoms with Gasteiger partial charge in [0.1, 0.15) is 0 Å². The van der Waals surface area contributed by atoms with Crippen molar-refractivity contribution in [2.75, 3.05) is 59.0 Å². The molecule has 31 heavy (non-hydrogen) atoms. The number of nitrogens with zero attached hydrogens (tertiary/aromatic N) is 3. The second kappa shape index (κ2) is 10.3. The number of amides is 1. The molecule has 7 nitrogen and oxygen atoms in total. The van der Waals surface area contributed by atoms with E-state index in [1.165, 1.54) is 36.1 Å². The SMILES string of the molecule is CCOC(=O)N1CCN(C2CCCN(CC3CNNC3c3cc(C)ccc3C)C2)CC1. The lowest BCUT2D eigenvalue weighted by Gasteiger charge is -2.43. The summed E-state index contributed by atoms with van der Waals surface area (Å²) in [6.45, 7) is 14.6. The quantitative estimate of drug-likeness (QED) is 0.749. The van der Waals surface area contributed by atoms with Crippen molar-refractivity contribution in [3.8, 4) is 0 Å². The van der Waals surface area contributed by atoms with E-state index in [0.717, 1.165) is 45.8 Å². The largest absolute Gasteiger partial charge is 0.450 e. The van der Waals surface area contributed by atoms with Crippen LogP contribution in [-0.4, -0.2) is 85.8 Å². The number of rotatable bonds is 5. The monoisotopic (exact) mass is 429 g/mol. The highest BCUT2D eigenvalue weighted by molar-refractivity contribution is 5.67. The minimum atomic E-state index is -0.161. The summed E-state index contributed by atoms with van der Waals surface area (Å²) in [7, 11) is 0. The van der Waals surface area contributed by atoms with Gasteiger partial charge in [-0.3, -0.25) is 10.3 Å². The fourth-order valence-electron chi connectivity index (χ4n) is 5.44. The number of likely N-dealkylation sites (tertiary alicyclic amines) is 1. The highest BCUT2D eigenvalue weighted by atomic mass is 16.6. The van der Waals surface area contributed by atoms with E-state index in [9.17, 15) is 4.79 Å². The van der Waals surface area contributed by atoms with Crippen molar-refractivity contribution in [2.45, 2.75) is 45.7 Å². The van der Waals surface area contributed by atoms with Gasteiger partial charge in [-0.1, -0.05) is 23.8 Å². The zero-order chi connectivity index (χ0) is 21.8. The van der Waals surface area contributed by atoms with Crippen LogP contribution in [0.3, 0.4) is 0 Å². The van der Waals surface area contributed by atoms with Crippen LogP contribution in [0.2, 0.25) is 0 Å². The number of nitrogens with one attached hydrogen (secondary N) is 2. The molecule has 0 aliphatic carbocycles. The van der Waals surface area contributed by atoms with Gasteiger partial charge in [0.25, 0.3) is 0 Å². The fraction of sp³-hybridized carbons (Fsp3) is 0.708. The van der Waals surface area contributed by atoms with Gasteiger partial charge in [0.15, 0.2) is 0 Å². The summed E-state index contributed by atoms with van der Waals surface area (Å²) in [4.78, 5) is 19.1. The Kier molecular flexibility index (Phi) is 7.48. The number of hydrazine groups is 1. The third-order valence-corrected chi connectivity index (χ3v) is 7.19. The zero-order valence-corrected chi connectivity index (χ0v) is 19.4. The molecular weight excluding hydrogens is 390 g/mol. The van der Waals surface area contributed by atoms with Gasteiger partial charge in [-0.15, -0.1) is 0 Å². The molecule has 0 aromatic heterocycles. The molecule has 3 heterocycles. The minimum absolute atomic E-state index is 0.161. The summed E-state index contributed by atoms with van der Waals surface area (Å²) in [6, 6.07) is 7.75. The maximum atomic E-state index is 12.0. The van der Waals surface area contributed by atoms with E-state index >= 15 is 0 Å². The molecule has 1 aromatic rings. The molecule has 3 aliphatic heterocycles. The minimum Gasteiger partial charge on any atom is -0.450 e. The van der Waals surface area contributed by atoms with Gasteiger partial charge < -0.3 is 14.5 Å². The number of benzene rings is 1. The third kappa shape index (κ3) is 5.40. The molecular formula is C24H39N5O2. The van der Waals surface area contributed by atoms with Crippen LogP contribution < -0.4 is 10.9 Å². The molecule has 3 atom stereocenters. The second-order valence-corrected chi connectivity index (χ2v) is 9.40. The summed E-state index contributed by atoms with van der Waals surface area (Å²) < 4.78 is 5.16. The first kappa shape index (κ1) is 22.5. The van der Waals surface area contributed by atoms with E-state index in [2.05, 4.69) is 52.7 Å². The topological polar surface area (TPSA) is 60.1 Å². The first-order valence-corrected chi connectivity index (χ1v) is 12.0. The van der Waals surface area contributed by atoms with E-state index in [1.54, 1.807) is 0 Å². The third-order valence-electron chi connectivity index (χ3n) is 7.19. The van der Waals surface area contributed by atoms with Crippen LogP contribution in [0.15, 0.2) is 18.2 Å². The molecule has 0 spiro atoms. The summed E-state index contributed by atoms with van der Waals surface area (Å²) in [6.07, 6.45) is 2.35. The van der Waals surface area contributed by atoms with Gasteiger partial charge >= 0.3 is 6.09 Å². The molecule has 7 heteroatoms. The van der Waals surface area contributed by atoms with Crippen molar-refractivity contribution in [2.24, 2.45) is 5.92 Å². The molecule has 4 rings (SSSR count). The van der Waals surface area contributed by atoms with Crippen molar-refractivity contribution in [3.05, 3.63) is 34.9 Å². The van der Waals surface area contributed by atoms with Crippen LogP contribution in [0.5, 0.6) is 0 Å². The molecule has 1 amide bonds. The molecule has 1 aromatic carbocycles. The molecule has 3 unspecified atom stereocenters. The zero-order valence-electron chi connectivity index (χ0n) is 19.4. The van der Waals surface area contributed by atoms with Crippen LogP contribution in [0.4, 0.5) is 4.79 Å². The number of hydrogen-bond acceptors (Lipinski definition) is 6. The summed E-state index contributed by atoms with van der Waals surface area (Å²) in [5.41, 5.74) is 11.1. The highest BCUT2D eigenvalue weighted by Crippen LogP contribution is 2.30. The maximum absolute atomic E-state index is 12.0. The molecule has 2 N–H and O–H groups in total. The van der Waals surface area contributed by atoms with Crippen molar-refractivity contribution < 1.29 is 9.53 Å². The van der Waals surface area contributed by atoms with Gasteiger partial charge in [0, 0.05) is 57.8 Å². The van der Waals surface area contributed by atoms with Gasteiger partial charge in [0.05, 0.1) is 12.6 Å². The summed E-state index contributed by atoms with van der Waals surface area (Å²) in [5, 5.41) is 0. The average Bonchev–Trinajstić information content (AvgIpc) is 3.23. The van der Waals surface area contributed by atoms with Crippen LogP contribution in [-0.2, 0) is 4.74 Å². The van der Waals surface area contributed by atoms with E-state index in [0.29, 0.717) is 24.6 Å². The lowest BCUT2D eigenvalue weighted by Crippen LogP contribution is -2.56. The highest BCUT2D eigenvalue weighted by Gasteiger charge is 2.34. The molecule has 0 radical (unpaired) electrons. The molecule has 3 aliphatic rings. The average molecular weight is 430 g/mol. The molecule has 0 bridgehead atoms. The van der Waals surface area contributed by atoms with Gasteiger partial charge in [-0.25, -0.2) is 10.2 Å². The standard InChI is InChI=1S/C24H39N5O2/c1-4-31-24(30)29-12-10-28(11-13-29)21-6-5-9-27(17-21)16-20-15-25-26-23(20)22-14-18(2)7-8-19(22)3/h7-8,14,20-21,23,25-26H,4-6,9-13,15-17H2,1-3H3. The van der Waals surface area contributed by atoms with Gasteiger partial charge in [0.2, 0.25) is 0 Å². The number of ether oxygens (including phenoxy) is 1. The van der Waals surface area contributed by atoms with Crippen LogP contribution >= 0.6 is 0 Å². The number of hydrogen-bond donors (Lipinski definition) is 2. The number of piperidine rings is 1. The Labute approximate surface area is 187 Å². The fourth-order valence-corrected chi connectivity index (χ4v) is 5.44. The van der Waals surface area contributed by atoms with Crippen molar-refractivity contribution in [1.82, 2.24) is 25.6 Å². The molecule has 3 saturated heterocycles. The Morgan fingerprint density at radius 1 is 1.16 bits per heavy atom. The van der Waals surface area contributed by atoms with E-state index in [-0.39, 0.29) is 6.09 Å². The number of aryl methyl sites for hydroxylation is 2. The Bertz CT molecular complexity index is 749. The lowest BCUT2D eigenvalue weighted by molar-refractivity contribution is 0.0395. The van der Waals surface area contributed by atoms with Gasteiger partial charge in [-0.2, -0.15) is 0 Å². The summed E-state index contributed by atoms with van der Waals surface area (Å²) >= 11 is 0. The second-order valence-electron chi connectivity index (χ2n) is 9.40. The first-order valence-electron chi connectivity index (χ1n) is 12.0. The molecule has 3 fully saturated rings. The lowest BCUT2D eigenvalue weighted by atomic mass is 9.90. The van der Waals surface area contributed by atoms with Crippen LogP contribution in [0.25, 0.3) is 0 Å². The van der Waals surface area contributed by atoms with E-state index in [1.807, 2.05) is 11.8 Å². The van der Waals surface area contributed by atoms with Gasteiger partial charge in [-0.05, 0) is 51.3 Å². The number of carbonyl (C=O) groups excluding carboxylic acids is 1. The summed E-state index contributed by atoms with van der Waals surface area (Å²) in [5.74, 6) is 0.569. The molecule has 0 saturated carbocycles. The number of carbonyl (C=O) groups is 1. The Balaban J connectivity index is 1.32. The first-order chi connectivity index (χ1) is 15.0. The number of piperazine rings is 1. The van der Waals surface area contributed by atoms with E-state index in [4.69, 9.17) is 4.74 Å². The molecule has 172 valence electrons. The van der Waals surface area contributed by atoms with Crippen molar-refractivity contribution >= 4 is 6.09 Å². The Hall–Kier alpha value is -1.67. The van der Waals surface area contributed by atoms with Crippen molar-refractivity contribution in [3.63, 3.8) is 0 Å². The normalized spacial score (nSPS) is 28.1. The smallest absolute Gasteiger partial charge is 0.409 e. The Morgan fingerprint density at radius 2 is 1.97 bits per heavy atom. The predicted molar refractivity (Wildman–Crippen MR) is 123 cm³/mol. The van der Waals surface area contributed by atoms with E-state index < -0.39 is 0 Å².